The molecule has 0 aliphatic rings. The van der Waals surface area contributed by atoms with Crippen LogP contribution in [0.5, 0.6) is 17.2 Å². The van der Waals surface area contributed by atoms with Crippen molar-refractivity contribution in [3.8, 4) is 17.2 Å². The summed E-state index contributed by atoms with van der Waals surface area (Å²) in [5.41, 5.74) is -1.62. The Labute approximate surface area is 148 Å². The first-order chi connectivity index (χ1) is 12.7. The van der Waals surface area contributed by atoms with Crippen LogP contribution in [-0.4, -0.2) is 5.97 Å². The first-order valence-electron chi connectivity index (χ1n) is 7.45. The van der Waals surface area contributed by atoms with E-state index in [4.69, 9.17) is 13.9 Å². The summed E-state index contributed by atoms with van der Waals surface area (Å²) in [5, 5.41) is -0.259. The zero-order valence-corrected chi connectivity index (χ0v) is 13.6. The van der Waals surface area contributed by atoms with Crippen LogP contribution in [0.15, 0.2) is 51.7 Å². The van der Waals surface area contributed by atoms with Crippen molar-refractivity contribution in [1.29, 1.82) is 0 Å². The van der Waals surface area contributed by atoms with Crippen molar-refractivity contribution in [2.24, 2.45) is 0 Å². The summed E-state index contributed by atoms with van der Waals surface area (Å²) in [7, 11) is 0. The lowest BCUT2D eigenvalue weighted by atomic mass is 10.2. The van der Waals surface area contributed by atoms with Crippen molar-refractivity contribution >= 4 is 16.9 Å². The third-order valence-corrected chi connectivity index (χ3v) is 3.39. The molecule has 140 valence electrons. The minimum Gasteiger partial charge on any atom is -0.447 e. The third kappa shape index (κ3) is 3.76. The molecule has 0 fully saturated rings. The maximum atomic E-state index is 13.7. The molecule has 9 heteroatoms. The zero-order chi connectivity index (χ0) is 19.8. The summed E-state index contributed by atoms with van der Waals surface area (Å²) < 4.78 is 68.4. The molecule has 3 rings (SSSR count). The van der Waals surface area contributed by atoms with Gasteiger partial charge >= 0.3 is 12.1 Å². The van der Waals surface area contributed by atoms with Crippen molar-refractivity contribution < 1.29 is 36.2 Å². The summed E-state index contributed by atoms with van der Waals surface area (Å²) in [6, 6.07) is 7.99. The smallest absolute Gasteiger partial charge is 0.447 e. The fourth-order valence-electron chi connectivity index (χ4n) is 2.30. The summed E-state index contributed by atoms with van der Waals surface area (Å²) in [4.78, 5) is 23.5. The van der Waals surface area contributed by atoms with Gasteiger partial charge in [0.05, 0.1) is 5.39 Å². The van der Waals surface area contributed by atoms with Crippen LogP contribution in [0.3, 0.4) is 0 Å². The van der Waals surface area contributed by atoms with Crippen LogP contribution in [0.25, 0.3) is 11.0 Å². The molecule has 0 unspecified atom stereocenters. The average Bonchev–Trinajstić information content (AvgIpc) is 2.57. The van der Waals surface area contributed by atoms with Gasteiger partial charge in [-0.1, -0.05) is 12.1 Å². The highest BCUT2D eigenvalue weighted by Gasteiger charge is 2.40. The van der Waals surface area contributed by atoms with E-state index in [1.165, 1.54) is 18.2 Å². The lowest BCUT2D eigenvalue weighted by Crippen LogP contribution is -2.16. The minimum atomic E-state index is -5.09. The molecule has 0 aliphatic heterocycles. The number of carbonyl (C=O) groups is 1. The van der Waals surface area contributed by atoms with Gasteiger partial charge in [0.25, 0.3) is 5.76 Å². The molecule has 0 saturated heterocycles. The molecule has 0 radical (unpaired) electrons. The van der Waals surface area contributed by atoms with Crippen LogP contribution in [0, 0.1) is 5.82 Å². The second-order valence-corrected chi connectivity index (χ2v) is 5.37. The molecule has 27 heavy (non-hydrogen) atoms. The Morgan fingerprint density at radius 3 is 2.44 bits per heavy atom. The second-order valence-electron chi connectivity index (χ2n) is 5.37. The topological polar surface area (TPSA) is 65.7 Å². The predicted molar refractivity (Wildman–Crippen MR) is 85.3 cm³/mol. The minimum absolute atomic E-state index is 0.103. The molecular weight excluding hydrogens is 372 g/mol. The number of esters is 1. The van der Waals surface area contributed by atoms with Gasteiger partial charge in [-0.05, 0) is 24.3 Å². The Bertz CT molecular complexity index is 1090. The van der Waals surface area contributed by atoms with Crippen LogP contribution < -0.4 is 14.9 Å². The molecule has 0 aliphatic carbocycles. The van der Waals surface area contributed by atoms with Gasteiger partial charge in [0.1, 0.15) is 11.3 Å². The molecule has 0 N–H and O–H groups in total. The standard InChI is InChI=1S/C18H10F4O5/c1-9(23)25-10-6-7-11-14(8-10)27-17(18(20,21)22)16(15(11)24)26-13-5-3-2-4-12(13)19/h2-8H,1H3. The highest BCUT2D eigenvalue weighted by Crippen LogP contribution is 2.39. The lowest BCUT2D eigenvalue weighted by Gasteiger charge is -2.13. The number of fused-ring (bicyclic) bond motifs is 1. The maximum Gasteiger partial charge on any atom is 0.453 e. The van der Waals surface area contributed by atoms with E-state index >= 15 is 0 Å². The molecule has 2 aromatic carbocycles. The van der Waals surface area contributed by atoms with Gasteiger partial charge < -0.3 is 13.9 Å². The van der Waals surface area contributed by atoms with Gasteiger partial charge in [-0.3, -0.25) is 9.59 Å². The number of hydrogen-bond acceptors (Lipinski definition) is 5. The Hall–Kier alpha value is -3.36. The van der Waals surface area contributed by atoms with Crippen LogP contribution in [0.2, 0.25) is 0 Å². The molecule has 1 aromatic heterocycles. The first kappa shape index (κ1) is 18.4. The van der Waals surface area contributed by atoms with Gasteiger partial charge in [0.15, 0.2) is 11.6 Å². The van der Waals surface area contributed by atoms with Gasteiger partial charge in [-0.25, -0.2) is 4.39 Å². The maximum absolute atomic E-state index is 13.7. The van der Waals surface area contributed by atoms with Crippen molar-refractivity contribution in [1.82, 2.24) is 0 Å². The molecule has 0 saturated carbocycles. The van der Waals surface area contributed by atoms with Crippen LogP contribution in [0.1, 0.15) is 12.7 Å². The Balaban J connectivity index is 2.23. The zero-order valence-electron chi connectivity index (χ0n) is 13.6. The highest BCUT2D eigenvalue weighted by atomic mass is 19.4. The normalized spacial score (nSPS) is 11.4. The van der Waals surface area contributed by atoms with E-state index in [0.29, 0.717) is 0 Å². The number of hydrogen-bond donors (Lipinski definition) is 0. The molecule has 0 bridgehead atoms. The van der Waals surface area contributed by atoms with Crippen LogP contribution in [0.4, 0.5) is 17.6 Å². The van der Waals surface area contributed by atoms with Gasteiger partial charge in [0.2, 0.25) is 11.2 Å². The molecule has 3 aromatic rings. The molecule has 5 nitrogen and oxygen atoms in total. The lowest BCUT2D eigenvalue weighted by molar-refractivity contribution is -0.154. The summed E-state index contributed by atoms with van der Waals surface area (Å²) in [6.07, 6.45) is -5.09. The second kappa shape index (κ2) is 6.75. The van der Waals surface area contributed by atoms with E-state index in [-0.39, 0.29) is 11.1 Å². The quantitative estimate of drug-likeness (QED) is 0.374. The average molecular weight is 382 g/mol. The number of carbonyl (C=O) groups excluding carboxylic acids is 1. The number of rotatable bonds is 3. The first-order valence-corrected chi connectivity index (χ1v) is 7.45. The van der Waals surface area contributed by atoms with E-state index in [2.05, 4.69) is 0 Å². The largest absolute Gasteiger partial charge is 0.453 e. The van der Waals surface area contributed by atoms with E-state index < -0.39 is 46.2 Å². The Morgan fingerprint density at radius 2 is 1.81 bits per heavy atom. The third-order valence-electron chi connectivity index (χ3n) is 3.39. The van der Waals surface area contributed by atoms with E-state index in [1.807, 2.05) is 0 Å². The monoisotopic (exact) mass is 382 g/mol. The highest BCUT2D eigenvalue weighted by molar-refractivity contribution is 5.81. The van der Waals surface area contributed by atoms with Crippen molar-refractivity contribution in [2.45, 2.75) is 13.1 Å². The molecule has 0 spiro atoms. The van der Waals surface area contributed by atoms with Crippen molar-refractivity contribution in [3.63, 3.8) is 0 Å². The number of alkyl halides is 3. The number of halogens is 4. The fourth-order valence-corrected chi connectivity index (χ4v) is 2.30. The SMILES string of the molecule is CC(=O)Oc1ccc2c(=O)c(Oc3ccccc3F)c(C(F)(F)F)oc2c1. The van der Waals surface area contributed by atoms with E-state index in [0.717, 1.165) is 31.2 Å². The molecule has 0 atom stereocenters. The van der Waals surface area contributed by atoms with Crippen molar-refractivity contribution in [2.75, 3.05) is 0 Å². The van der Waals surface area contributed by atoms with Gasteiger partial charge in [0, 0.05) is 13.0 Å². The Morgan fingerprint density at radius 1 is 1.11 bits per heavy atom. The number of ether oxygens (including phenoxy) is 2. The van der Waals surface area contributed by atoms with Crippen molar-refractivity contribution in [3.05, 3.63) is 64.3 Å². The van der Waals surface area contributed by atoms with E-state index in [9.17, 15) is 27.2 Å². The summed E-state index contributed by atoms with van der Waals surface area (Å²) in [5.74, 6) is -5.24. The summed E-state index contributed by atoms with van der Waals surface area (Å²) >= 11 is 0. The molecular formula is C18H10F4O5. The van der Waals surface area contributed by atoms with Crippen LogP contribution >= 0.6 is 0 Å². The fraction of sp³-hybridized carbons (Fsp3) is 0.111. The predicted octanol–water partition coefficient (Wildman–Crippen LogP) is 4.67. The number of para-hydroxylation sites is 1. The summed E-state index contributed by atoms with van der Waals surface area (Å²) in [6.45, 7) is 1.10. The molecule has 1 heterocycles. The van der Waals surface area contributed by atoms with Crippen LogP contribution in [-0.2, 0) is 11.0 Å². The van der Waals surface area contributed by atoms with Gasteiger partial charge in [-0.15, -0.1) is 0 Å². The number of benzene rings is 2. The Kier molecular flexibility index (Phi) is 4.61. The molecule has 0 amide bonds. The van der Waals surface area contributed by atoms with E-state index in [1.54, 1.807) is 0 Å². The van der Waals surface area contributed by atoms with Gasteiger partial charge in [-0.2, -0.15) is 13.2 Å².